The lowest BCUT2D eigenvalue weighted by atomic mass is 10.00. The number of piperidine rings is 1. The first-order chi connectivity index (χ1) is 8.15. The Bertz CT molecular complexity index is 429. The molecular weight excluding hydrogens is 304 g/mol. The third-order valence-corrected chi connectivity index (χ3v) is 4.53. The van der Waals surface area contributed by atoms with E-state index in [4.69, 9.17) is 11.6 Å². The molecule has 1 N–H and O–H groups in total. The normalized spacial score (nSPS) is 31.9. The predicted molar refractivity (Wildman–Crippen MR) is 71.5 cm³/mol. The van der Waals surface area contributed by atoms with E-state index in [-0.39, 0.29) is 6.10 Å². The monoisotopic (exact) mass is 316 g/mol. The Balaban J connectivity index is 1.94. The highest BCUT2D eigenvalue weighted by atomic mass is 79.9. The van der Waals surface area contributed by atoms with Crippen LogP contribution < -0.4 is 4.90 Å². The summed E-state index contributed by atoms with van der Waals surface area (Å²) < 4.78 is 0.943. The molecule has 0 amide bonds. The number of hydrogen-bond acceptors (Lipinski definition) is 3. The van der Waals surface area contributed by atoms with Gasteiger partial charge >= 0.3 is 0 Å². The minimum Gasteiger partial charge on any atom is -0.393 e. The van der Waals surface area contributed by atoms with Crippen LogP contribution in [0, 0.1) is 0 Å². The molecule has 2 saturated heterocycles. The zero-order chi connectivity index (χ0) is 12.0. The molecule has 3 heterocycles. The number of nitrogens with zero attached hydrogens (tertiary/aromatic N) is 2. The Labute approximate surface area is 114 Å². The van der Waals surface area contributed by atoms with Crippen LogP contribution >= 0.6 is 27.5 Å². The van der Waals surface area contributed by atoms with Gasteiger partial charge in [0.05, 0.1) is 15.6 Å². The molecule has 2 unspecified atom stereocenters. The largest absolute Gasteiger partial charge is 0.393 e. The fourth-order valence-electron chi connectivity index (χ4n) is 3.09. The molecule has 1 aromatic heterocycles. The van der Waals surface area contributed by atoms with Gasteiger partial charge in [-0.3, -0.25) is 0 Å². The maximum absolute atomic E-state index is 9.79. The average molecular weight is 318 g/mol. The molecule has 1 aromatic rings. The molecule has 0 aromatic carbocycles. The highest BCUT2D eigenvalue weighted by Crippen LogP contribution is 2.41. The van der Waals surface area contributed by atoms with Gasteiger partial charge in [0.25, 0.3) is 0 Å². The smallest absolute Gasteiger partial charge is 0.143 e. The Morgan fingerprint density at radius 1 is 1.35 bits per heavy atom. The van der Waals surface area contributed by atoms with Crippen LogP contribution in [0.15, 0.2) is 16.7 Å². The standard InChI is InChI=1S/C12H14BrClN2O/c13-11-3-7(14)6-15-12(11)16-8-1-2-9(16)5-10(17)4-8/h3,6,8-10,17H,1-2,4-5H2. The van der Waals surface area contributed by atoms with Crippen molar-refractivity contribution in [2.45, 2.75) is 43.9 Å². The van der Waals surface area contributed by atoms with Crippen LogP contribution in [-0.4, -0.2) is 28.3 Å². The molecule has 92 valence electrons. The van der Waals surface area contributed by atoms with Crippen LogP contribution in [0.3, 0.4) is 0 Å². The SMILES string of the molecule is OC1CC2CCC(C1)N2c1ncc(Cl)cc1Br. The number of hydrogen-bond donors (Lipinski definition) is 1. The van der Waals surface area contributed by atoms with Crippen LogP contribution in [0.1, 0.15) is 25.7 Å². The molecule has 17 heavy (non-hydrogen) atoms. The van der Waals surface area contributed by atoms with Crippen molar-refractivity contribution in [2.24, 2.45) is 0 Å². The quantitative estimate of drug-likeness (QED) is 0.865. The third kappa shape index (κ3) is 2.07. The molecule has 2 aliphatic heterocycles. The molecule has 0 spiro atoms. The second-order valence-electron chi connectivity index (χ2n) is 4.88. The van der Waals surface area contributed by atoms with Crippen molar-refractivity contribution < 1.29 is 5.11 Å². The Kier molecular flexibility index (Phi) is 3.05. The fourth-order valence-corrected chi connectivity index (χ4v) is 3.93. The summed E-state index contributed by atoms with van der Waals surface area (Å²) in [5.74, 6) is 0.966. The van der Waals surface area contributed by atoms with Crippen molar-refractivity contribution in [2.75, 3.05) is 4.90 Å². The van der Waals surface area contributed by atoms with Crippen molar-refractivity contribution in [1.82, 2.24) is 4.98 Å². The molecule has 0 radical (unpaired) electrons. The number of aromatic nitrogens is 1. The van der Waals surface area contributed by atoms with E-state index in [1.165, 1.54) is 0 Å². The van der Waals surface area contributed by atoms with Gasteiger partial charge in [0.2, 0.25) is 0 Å². The molecule has 3 nitrogen and oxygen atoms in total. The summed E-state index contributed by atoms with van der Waals surface area (Å²) in [5, 5.41) is 10.4. The molecule has 2 atom stereocenters. The second kappa shape index (κ2) is 4.41. The minimum absolute atomic E-state index is 0.144. The maximum Gasteiger partial charge on any atom is 0.143 e. The van der Waals surface area contributed by atoms with Gasteiger partial charge in [0, 0.05) is 18.3 Å². The van der Waals surface area contributed by atoms with Crippen molar-refractivity contribution in [3.63, 3.8) is 0 Å². The Morgan fingerprint density at radius 3 is 2.59 bits per heavy atom. The average Bonchev–Trinajstić information content (AvgIpc) is 2.53. The number of anilines is 1. The van der Waals surface area contributed by atoms with E-state index in [1.807, 2.05) is 6.07 Å². The summed E-state index contributed by atoms with van der Waals surface area (Å²) in [7, 11) is 0. The summed E-state index contributed by atoms with van der Waals surface area (Å²) in [6.45, 7) is 0. The van der Waals surface area contributed by atoms with E-state index in [9.17, 15) is 5.11 Å². The first-order valence-electron chi connectivity index (χ1n) is 5.92. The number of aliphatic hydroxyl groups excluding tert-OH is 1. The first kappa shape index (κ1) is 11.8. The van der Waals surface area contributed by atoms with E-state index in [0.717, 1.165) is 36.0 Å². The number of pyridine rings is 1. The van der Waals surface area contributed by atoms with Crippen LogP contribution in [0.2, 0.25) is 5.02 Å². The molecule has 0 aliphatic carbocycles. The van der Waals surface area contributed by atoms with Gasteiger partial charge in [-0.05, 0) is 47.7 Å². The van der Waals surface area contributed by atoms with E-state index in [1.54, 1.807) is 6.20 Å². The zero-order valence-corrected chi connectivity index (χ0v) is 11.7. The Morgan fingerprint density at radius 2 is 2.00 bits per heavy atom. The third-order valence-electron chi connectivity index (χ3n) is 3.74. The lowest BCUT2D eigenvalue weighted by molar-refractivity contribution is 0.126. The van der Waals surface area contributed by atoms with Crippen LogP contribution in [0.25, 0.3) is 0 Å². The Hall–Kier alpha value is -0.320. The molecule has 5 heteroatoms. The topological polar surface area (TPSA) is 36.4 Å². The van der Waals surface area contributed by atoms with Crippen molar-refractivity contribution >= 4 is 33.3 Å². The van der Waals surface area contributed by atoms with Gasteiger partial charge in [-0.1, -0.05) is 11.6 Å². The van der Waals surface area contributed by atoms with Gasteiger partial charge in [0.15, 0.2) is 0 Å². The lowest BCUT2D eigenvalue weighted by Crippen LogP contribution is -2.45. The van der Waals surface area contributed by atoms with Crippen molar-refractivity contribution in [3.8, 4) is 0 Å². The number of aliphatic hydroxyl groups is 1. The lowest BCUT2D eigenvalue weighted by Gasteiger charge is -2.38. The van der Waals surface area contributed by atoms with Gasteiger partial charge in [-0.2, -0.15) is 0 Å². The summed E-state index contributed by atoms with van der Waals surface area (Å²) >= 11 is 9.45. The van der Waals surface area contributed by atoms with Gasteiger partial charge in [0.1, 0.15) is 5.82 Å². The number of rotatable bonds is 1. The van der Waals surface area contributed by atoms with E-state index in [0.29, 0.717) is 17.1 Å². The minimum atomic E-state index is -0.144. The van der Waals surface area contributed by atoms with E-state index in [2.05, 4.69) is 25.8 Å². The van der Waals surface area contributed by atoms with E-state index < -0.39 is 0 Å². The second-order valence-corrected chi connectivity index (χ2v) is 6.17. The zero-order valence-electron chi connectivity index (χ0n) is 9.31. The fraction of sp³-hybridized carbons (Fsp3) is 0.583. The summed E-state index contributed by atoms with van der Waals surface area (Å²) in [6.07, 6.45) is 5.55. The molecular formula is C12H14BrClN2O. The van der Waals surface area contributed by atoms with Gasteiger partial charge in [-0.25, -0.2) is 4.98 Å². The highest BCUT2D eigenvalue weighted by molar-refractivity contribution is 9.10. The summed E-state index contributed by atoms with van der Waals surface area (Å²) in [6, 6.07) is 2.73. The maximum atomic E-state index is 9.79. The van der Waals surface area contributed by atoms with Crippen LogP contribution in [0.5, 0.6) is 0 Å². The first-order valence-corrected chi connectivity index (χ1v) is 7.09. The molecule has 3 rings (SSSR count). The van der Waals surface area contributed by atoms with Gasteiger partial charge < -0.3 is 10.0 Å². The van der Waals surface area contributed by atoms with Crippen molar-refractivity contribution in [1.29, 1.82) is 0 Å². The van der Waals surface area contributed by atoms with Crippen LogP contribution in [0.4, 0.5) is 5.82 Å². The molecule has 2 bridgehead atoms. The number of halogens is 2. The van der Waals surface area contributed by atoms with E-state index >= 15 is 0 Å². The molecule has 2 fully saturated rings. The summed E-state index contributed by atoms with van der Waals surface area (Å²) in [4.78, 5) is 6.79. The highest BCUT2D eigenvalue weighted by Gasteiger charge is 2.41. The van der Waals surface area contributed by atoms with Gasteiger partial charge in [-0.15, -0.1) is 0 Å². The van der Waals surface area contributed by atoms with Crippen molar-refractivity contribution in [3.05, 3.63) is 21.8 Å². The van der Waals surface area contributed by atoms with Crippen LogP contribution in [-0.2, 0) is 0 Å². The predicted octanol–water partition coefficient (Wildman–Crippen LogP) is 2.99. The molecule has 2 aliphatic rings. The summed E-state index contributed by atoms with van der Waals surface area (Å²) in [5.41, 5.74) is 0. The molecule has 0 saturated carbocycles. The number of fused-ring (bicyclic) bond motifs is 2.